The third-order valence-corrected chi connectivity index (χ3v) is 4.46. The van der Waals surface area contributed by atoms with Gasteiger partial charge in [0.25, 0.3) is 0 Å². The monoisotopic (exact) mass is 299 g/mol. The standard InChI is InChI=1S/C13H14ClNO3S/c1-9-3-5-12(7-10(9)2)19(16,17)15-8-11-4-6-13(14)18-11/h3-7,15H,8H2,1-2H3. The third-order valence-electron chi connectivity index (χ3n) is 2.85. The minimum Gasteiger partial charge on any atom is -0.448 e. The zero-order chi connectivity index (χ0) is 14.0. The normalized spacial score (nSPS) is 11.7. The van der Waals surface area contributed by atoms with Crippen LogP contribution in [0.2, 0.25) is 5.22 Å². The quantitative estimate of drug-likeness (QED) is 0.944. The number of hydrogen-bond donors (Lipinski definition) is 1. The van der Waals surface area contributed by atoms with Crippen molar-refractivity contribution in [3.05, 3.63) is 52.4 Å². The second-order valence-electron chi connectivity index (χ2n) is 4.28. The first-order chi connectivity index (χ1) is 8.88. The van der Waals surface area contributed by atoms with E-state index in [-0.39, 0.29) is 16.7 Å². The Morgan fingerprint density at radius 2 is 1.89 bits per heavy atom. The highest BCUT2D eigenvalue weighted by Crippen LogP contribution is 2.16. The Kier molecular flexibility index (Phi) is 3.99. The molecule has 1 aromatic carbocycles. The van der Waals surface area contributed by atoms with Gasteiger partial charge in [-0.1, -0.05) is 6.07 Å². The molecule has 1 heterocycles. The van der Waals surface area contributed by atoms with E-state index in [4.69, 9.17) is 16.0 Å². The van der Waals surface area contributed by atoms with Crippen LogP contribution in [0.4, 0.5) is 0 Å². The highest BCUT2D eigenvalue weighted by molar-refractivity contribution is 7.89. The van der Waals surface area contributed by atoms with Gasteiger partial charge in [0, 0.05) is 0 Å². The van der Waals surface area contributed by atoms with Crippen LogP contribution in [-0.4, -0.2) is 8.42 Å². The van der Waals surface area contributed by atoms with Crippen molar-refractivity contribution in [1.29, 1.82) is 0 Å². The fourth-order valence-corrected chi connectivity index (χ4v) is 2.82. The van der Waals surface area contributed by atoms with Crippen LogP contribution in [-0.2, 0) is 16.6 Å². The van der Waals surface area contributed by atoms with Gasteiger partial charge < -0.3 is 4.42 Å². The second kappa shape index (κ2) is 5.36. The van der Waals surface area contributed by atoms with Crippen LogP contribution in [0, 0.1) is 13.8 Å². The summed E-state index contributed by atoms with van der Waals surface area (Å²) < 4.78 is 31.7. The van der Waals surface area contributed by atoms with Gasteiger partial charge in [-0.2, -0.15) is 0 Å². The molecule has 102 valence electrons. The molecule has 0 unspecified atom stereocenters. The zero-order valence-electron chi connectivity index (χ0n) is 10.6. The highest BCUT2D eigenvalue weighted by Gasteiger charge is 2.15. The van der Waals surface area contributed by atoms with E-state index < -0.39 is 10.0 Å². The van der Waals surface area contributed by atoms with Crippen molar-refractivity contribution in [1.82, 2.24) is 4.72 Å². The number of rotatable bonds is 4. The molecule has 0 saturated carbocycles. The lowest BCUT2D eigenvalue weighted by Crippen LogP contribution is -2.23. The van der Waals surface area contributed by atoms with Gasteiger partial charge >= 0.3 is 0 Å². The van der Waals surface area contributed by atoms with E-state index in [9.17, 15) is 8.42 Å². The lowest BCUT2D eigenvalue weighted by molar-refractivity contribution is 0.500. The molecule has 4 nitrogen and oxygen atoms in total. The maximum absolute atomic E-state index is 12.1. The maximum Gasteiger partial charge on any atom is 0.240 e. The number of benzene rings is 1. The van der Waals surface area contributed by atoms with E-state index >= 15 is 0 Å². The predicted molar refractivity (Wildman–Crippen MR) is 73.7 cm³/mol. The summed E-state index contributed by atoms with van der Waals surface area (Å²) in [6, 6.07) is 8.21. The maximum atomic E-state index is 12.1. The van der Waals surface area contributed by atoms with E-state index in [0.717, 1.165) is 11.1 Å². The summed E-state index contributed by atoms with van der Waals surface area (Å²) in [5, 5.41) is 0.236. The molecule has 0 aliphatic carbocycles. The van der Waals surface area contributed by atoms with Crippen molar-refractivity contribution in [3.63, 3.8) is 0 Å². The summed E-state index contributed by atoms with van der Waals surface area (Å²) in [5.74, 6) is 0.470. The molecule has 0 saturated heterocycles. The van der Waals surface area contributed by atoms with Crippen LogP contribution in [0.3, 0.4) is 0 Å². The van der Waals surface area contributed by atoms with Crippen LogP contribution in [0.15, 0.2) is 39.6 Å². The van der Waals surface area contributed by atoms with E-state index in [2.05, 4.69) is 4.72 Å². The minimum atomic E-state index is -3.54. The van der Waals surface area contributed by atoms with Gasteiger partial charge in [-0.15, -0.1) is 0 Å². The first-order valence-corrected chi connectivity index (χ1v) is 7.56. The molecule has 0 aliphatic heterocycles. The molecule has 0 aliphatic rings. The molecule has 0 bridgehead atoms. The Morgan fingerprint density at radius 1 is 1.16 bits per heavy atom. The van der Waals surface area contributed by atoms with E-state index in [1.54, 1.807) is 30.3 Å². The first-order valence-electron chi connectivity index (χ1n) is 5.69. The van der Waals surface area contributed by atoms with Crippen molar-refractivity contribution in [2.24, 2.45) is 0 Å². The summed E-state index contributed by atoms with van der Waals surface area (Å²) in [6.07, 6.45) is 0. The molecule has 2 aromatic rings. The molecule has 6 heteroatoms. The molecule has 1 N–H and O–H groups in total. The summed E-state index contributed by atoms with van der Waals surface area (Å²) >= 11 is 5.62. The van der Waals surface area contributed by atoms with Gasteiger partial charge in [0.1, 0.15) is 5.76 Å². The molecular formula is C13H14ClNO3S. The zero-order valence-corrected chi connectivity index (χ0v) is 12.2. The van der Waals surface area contributed by atoms with E-state index in [1.165, 1.54) is 0 Å². The Hall–Kier alpha value is -1.30. The van der Waals surface area contributed by atoms with Gasteiger partial charge in [-0.05, 0) is 60.8 Å². The molecular weight excluding hydrogens is 286 g/mol. The van der Waals surface area contributed by atoms with Crippen molar-refractivity contribution in [2.45, 2.75) is 25.3 Å². The van der Waals surface area contributed by atoms with Gasteiger partial charge in [0.15, 0.2) is 5.22 Å². The molecule has 0 amide bonds. The minimum absolute atomic E-state index is 0.0714. The fourth-order valence-electron chi connectivity index (χ4n) is 1.58. The highest BCUT2D eigenvalue weighted by atomic mass is 35.5. The molecule has 1 aromatic heterocycles. The number of nitrogens with one attached hydrogen (secondary N) is 1. The summed E-state index contributed by atoms with van der Waals surface area (Å²) in [5.41, 5.74) is 1.99. The van der Waals surface area contributed by atoms with Crippen LogP contribution in [0.1, 0.15) is 16.9 Å². The predicted octanol–water partition coefficient (Wildman–Crippen LogP) is 3.03. The van der Waals surface area contributed by atoms with Crippen molar-refractivity contribution in [3.8, 4) is 0 Å². The van der Waals surface area contributed by atoms with Crippen molar-refractivity contribution >= 4 is 21.6 Å². The lowest BCUT2D eigenvalue weighted by atomic mass is 10.1. The Balaban J connectivity index is 2.16. The number of sulfonamides is 1. The Morgan fingerprint density at radius 3 is 2.47 bits per heavy atom. The summed E-state index contributed by atoms with van der Waals surface area (Å²) in [6.45, 7) is 3.88. The van der Waals surface area contributed by atoms with Gasteiger partial charge in [-0.3, -0.25) is 0 Å². The Bertz CT molecular complexity index is 692. The summed E-state index contributed by atoms with van der Waals surface area (Å²) in [7, 11) is -3.54. The molecule has 0 spiro atoms. The topological polar surface area (TPSA) is 59.3 Å². The molecule has 2 rings (SSSR count). The average Bonchev–Trinajstić information content (AvgIpc) is 2.76. The van der Waals surface area contributed by atoms with E-state index in [0.29, 0.717) is 5.76 Å². The Labute approximate surface area is 117 Å². The van der Waals surface area contributed by atoms with Crippen LogP contribution in [0.25, 0.3) is 0 Å². The lowest BCUT2D eigenvalue weighted by Gasteiger charge is -2.07. The number of furan rings is 1. The number of hydrogen-bond acceptors (Lipinski definition) is 3. The summed E-state index contributed by atoms with van der Waals surface area (Å²) in [4.78, 5) is 0.244. The molecule has 0 fully saturated rings. The molecule has 0 radical (unpaired) electrons. The van der Waals surface area contributed by atoms with Crippen LogP contribution in [0.5, 0.6) is 0 Å². The van der Waals surface area contributed by atoms with Gasteiger partial charge in [0.2, 0.25) is 10.0 Å². The second-order valence-corrected chi connectivity index (χ2v) is 6.42. The number of aryl methyl sites for hydroxylation is 2. The van der Waals surface area contributed by atoms with Crippen molar-refractivity contribution in [2.75, 3.05) is 0 Å². The smallest absolute Gasteiger partial charge is 0.240 e. The number of halogens is 1. The SMILES string of the molecule is Cc1ccc(S(=O)(=O)NCc2ccc(Cl)o2)cc1C. The van der Waals surface area contributed by atoms with Crippen molar-refractivity contribution < 1.29 is 12.8 Å². The van der Waals surface area contributed by atoms with Gasteiger partial charge in [0.05, 0.1) is 11.4 Å². The largest absolute Gasteiger partial charge is 0.448 e. The van der Waals surface area contributed by atoms with Crippen LogP contribution >= 0.6 is 11.6 Å². The fraction of sp³-hybridized carbons (Fsp3) is 0.231. The first kappa shape index (κ1) is 14.1. The van der Waals surface area contributed by atoms with Gasteiger partial charge in [-0.25, -0.2) is 13.1 Å². The third kappa shape index (κ3) is 3.37. The van der Waals surface area contributed by atoms with E-state index in [1.807, 2.05) is 13.8 Å². The molecule has 19 heavy (non-hydrogen) atoms. The van der Waals surface area contributed by atoms with Crippen LogP contribution < -0.4 is 4.72 Å². The molecule has 0 atom stereocenters. The average molecular weight is 300 g/mol.